The van der Waals surface area contributed by atoms with Crippen molar-refractivity contribution < 1.29 is 27.6 Å². The number of benzene rings is 1. The second kappa shape index (κ2) is 8.68. The van der Waals surface area contributed by atoms with Crippen LogP contribution in [0.4, 0.5) is 18.9 Å². The minimum atomic E-state index is -2.95. The van der Waals surface area contributed by atoms with Gasteiger partial charge in [0.1, 0.15) is 11.2 Å². The Morgan fingerprint density at radius 3 is 2.47 bits per heavy atom. The first kappa shape index (κ1) is 24.4. The molecule has 1 fully saturated rings. The minimum absolute atomic E-state index is 0.0779. The third-order valence-corrected chi connectivity index (χ3v) is 8.13. The van der Waals surface area contributed by atoms with Crippen LogP contribution in [-0.4, -0.2) is 56.6 Å². The van der Waals surface area contributed by atoms with E-state index in [-0.39, 0.29) is 11.3 Å². The predicted octanol–water partition coefficient (Wildman–Crippen LogP) is 3.55. The summed E-state index contributed by atoms with van der Waals surface area (Å²) in [6.45, 7) is 2.04. The lowest BCUT2D eigenvalue weighted by atomic mass is 9.72. The molecule has 1 aromatic carbocycles. The summed E-state index contributed by atoms with van der Waals surface area (Å²) in [5.74, 6) is -5.73. The van der Waals surface area contributed by atoms with E-state index in [0.29, 0.717) is 36.3 Å². The molecular formula is C24H24F3N5O3S. The van der Waals surface area contributed by atoms with Crippen LogP contribution in [0.5, 0.6) is 0 Å². The van der Waals surface area contributed by atoms with Gasteiger partial charge < -0.3 is 15.2 Å². The van der Waals surface area contributed by atoms with Crippen molar-refractivity contribution in [2.24, 2.45) is 5.10 Å². The van der Waals surface area contributed by atoms with Gasteiger partial charge in [-0.25, -0.2) is 13.2 Å². The summed E-state index contributed by atoms with van der Waals surface area (Å²) in [6.07, 6.45) is 0.0339. The Morgan fingerprint density at radius 2 is 1.86 bits per heavy atom. The first-order valence-electron chi connectivity index (χ1n) is 11.5. The van der Waals surface area contributed by atoms with Gasteiger partial charge in [-0.05, 0) is 49.6 Å². The van der Waals surface area contributed by atoms with E-state index in [2.05, 4.69) is 15.7 Å². The number of hydrazone groups is 1. The third-order valence-electron chi connectivity index (χ3n) is 6.90. The Labute approximate surface area is 209 Å². The number of Topliss-reactive ketones (excluding diaryl/α,β-unsaturated/α-hetero) is 1. The molecule has 1 atom stereocenters. The van der Waals surface area contributed by atoms with E-state index < -0.39 is 53.1 Å². The van der Waals surface area contributed by atoms with Crippen molar-refractivity contribution in [2.45, 2.75) is 56.0 Å². The SMILES string of the molecule is Cc1c(C(=O)Nc2ccc(F)cc2)c2n(c1C(=O)C(=O)NC1(C3SC=NN3C)CC(F)(F)C1)CCC2. The summed E-state index contributed by atoms with van der Waals surface area (Å²) >= 11 is 1.21. The molecule has 190 valence electrons. The summed E-state index contributed by atoms with van der Waals surface area (Å²) in [5, 5.41) is 10.3. The van der Waals surface area contributed by atoms with Crippen molar-refractivity contribution in [2.75, 3.05) is 12.4 Å². The van der Waals surface area contributed by atoms with Crippen LogP contribution in [0.25, 0.3) is 0 Å². The molecule has 1 aliphatic carbocycles. The van der Waals surface area contributed by atoms with E-state index >= 15 is 0 Å². The molecule has 2 aromatic rings. The minimum Gasteiger partial charge on any atom is -0.341 e. The number of carbonyl (C=O) groups excluding carboxylic acids is 3. The highest BCUT2D eigenvalue weighted by atomic mass is 32.2. The first-order chi connectivity index (χ1) is 17.0. The highest BCUT2D eigenvalue weighted by Gasteiger charge is 2.63. The molecule has 0 spiro atoms. The highest BCUT2D eigenvalue weighted by molar-refractivity contribution is 8.12. The van der Waals surface area contributed by atoms with E-state index in [9.17, 15) is 27.6 Å². The monoisotopic (exact) mass is 519 g/mol. The van der Waals surface area contributed by atoms with Crippen LogP contribution < -0.4 is 10.6 Å². The molecule has 0 saturated heterocycles. The number of hydrogen-bond donors (Lipinski definition) is 2. The number of carbonyl (C=O) groups is 3. The van der Waals surface area contributed by atoms with Gasteiger partial charge in [0.15, 0.2) is 0 Å². The van der Waals surface area contributed by atoms with Gasteiger partial charge in [-0.15, -0.1) is 0 Å². The second-order valence-electron chi connectivity index (χ2n) is 9.44. The van der Waals surface area contributed by atoms with Crippen LogP contribution in [0.3, 0.4) is 0 Å². The molecule has 0 radical (unpaired) electrons. The Morgan fingerprint density at radius 1 is 1.17 bits per heavy atom. The summed E-state index contributed by atoms with van der Waals surface area (Å²) in [5.41, 5.74) is 1.93. The fourth-order valence-corrected chi connectivity index (χ4v) is 6.46. The van der Waals surface area contributed by atoms with Gasteiger partial charge in [-0.1, -0.05) is 11.8 Å². The molecular weight excluding hydrogens is 495 g/mol. The van der Waals surface area contributed by atoms with E-state index in [1.165, 1.54) is 46.6 Å². The normalized spacial score (nSPS) is 21.1. The number of amides is 2. The zero-order valence-electron chi connectivity index (χ0n) is 19.6. The summed E-state index contributed by atoms with van der Waals surface area (Å²) in [7, 11) is 1.63. The molecule has 2 amide bonds. The van der Waals surface area contributed by atoms with Crippen molar-refractivity contribution in [3.05, 3.63) is 52.6 Å². The number of rotatable bonds is 6. The molecule has 12 heteroatoms. The van der Waals surface area contributed by atoms with E-state index in [1.54, 1.807) is 18.5 Å². The first-order valence-corrected chi connectivity index (χ1v) is 12.4. The molecule has 0 bridgehead atoms. The third kappa shape index (κ3) is 4.06. The van der Waals surface area contributed by atoms with E-state index in [1.807, 2.05) is 0 Å². The maximum atomic E-state index is 14.0. The number of likely N-dealkylation sites (N-methyl/N-ethyl adjacent to an activating group) is 1. The molecule has 3 heterocycles. The molecule has 1 unspecified atom stereocenters. The van der Waals surface area contributed by atoms with Crippen LogP contribution in [0.2, 0.25) is 0 Å². The van der Waals surface area contributed by atoms with Gasteiger partial charge in [0.05, 0.1) is 22.3 Å². The molecule has 1 aromatic heterocycles. The molecule has 8 nitrogen and oxygen atoms in total. The highest BCUT2D eigenvalue weighted by Crippen LogP contribution is 2.51. The van der Waals surface area contributed by atoms with Gasteiger partial charge in [0.2, 0.25) is 0 Å². The van der Waals surface area contributed by atoms with Gasteiger partial charge in [0, 0.05) is 37.8 Å². The topological polar surface area (TPSA) is 95.8 Å². The quantitative estimate of drug-likeness (QED) is 0.450. The zero-order chi connectivity index (χ0) is 25.8. The second-order valence-corrected chi connectivity index (χ2v) is 10.4. The lowest BCUT2D eigenvalue weighted by Gasteiger charge is -2.51. The van der Waals surface area contributed by atoms with Crippen LogP contribution in [-0.2, 0) is 17.8 Å². The lowest BCUT2D eigenvalue weighted by molar-refractivity contribution is -0.152. The van der Waals surface area contributed by atoms with Crippen LogP contribution in [0, 0.1) is 12.7 Å². The Balaban J connectivity index is 1.41. The van der Waals surface area contributed by atoms with Crippen molar-refractivity contribution in [1.82, 2.24) is 14.9 Å². The fraction of sp³-hybridized carbons (Fsp3) is 0.417. The number of anilines is 1. The van der Waals surface area contributed by atoms with Crippen LogP contribution in [0.15, 0.2) is 29.4 Å². The molecule has 3 aliphatic rings. The number of ketones is 1. The van der Waals surface area contributed by atoms with Crippen molar-refractivity contribution in [1.29, 1.82) is 0 Å². The number of thioether (sulfide) groups is 1. The number of nitrogens with one attached hydrogen (secondary N) is 2. The van der Waals surface area contributed by atoms with Crippen molar-refractivity contribution in [3.63, 3.8) is 0 Å². The molecule has 36 heavy (non-hydrogen) atoms. The molecule has 2 N–H and O–H groups in total. The zero-order valence-corrected chi connectivity index (χ0v) is 20.4. The summed E-state index contributed by atoms with van der Waals surface area (Å²) in [4.78, 5) is 39.7. The number of fused-ring (bicyclic) bond motifs is 1. The maximum Gasteiger partial charge on any atom is 0.294 e. The van der Waals surface area contributed by atoms with Gasteiger partial charge in [-0.2, -0.15) is 5.10 Å². The van der Waals surface area contributed by atoms with Gasteiger partial charge in [-0.3, -0.25) is 19.4 Å². The van der Waals surface area contributed by atoms with E-state index in [4.69, 9.17) is 0 Å². The Kier molecular flexibility index (Phi) is 5.89. The van der Waals surface area contributed by atoms with E-state index in [0.717, 1.165) is 0 Å². The average Bonchev–Trinajstić information content (AvgIpc) is 3.49. The number of nitrogens with zero attached hydrogens (tertiary/aromatic N) is 3. The van der Waals surface area contributed by atoms with Crippen LogP contribution in [0.1, 0.15) is 51.4 Å². The molecule has 2 aliphatic heterocycles. The number of alkyl halides is 2. The van der Waals surface area contributed by atoms with Crippen molar-refractivity contribution >= 4 is 40.6 Å². The van der Waals surface area contributed by atoms with Crippen LogP contribution >= 0.6 is 11.8 Å². The van der Waals surface area contributed by atoms with Crippen molar-refractivity contribution in [3.8, 4) is 0 Å². The molecule has 5 rings (SSSR count). The predicted molar refractivity (Wildman–Crippen MR) is 129 cm³/mol. The molecule has 1 saturated carbocycles. The summed E-state index contributed by atoms with van der Waals surface area (Å²) in [6, 6.07) is 5.29. The fourth-order valence-electron chi connectivity index (χ4n) is 5.42. The number of halogens is 3. The standard InChI is InChI=1S/C24H24F3N5O3S/c1-13-17(20(34)29-15-7-5-14(25)6-8-15)16-4-3-9-32(16)18(13)19(33)21(35)30-23(10-24(26,27)11-23)22-31(2)28-12-36-22/h5-8,12,22H,3-4,9-11H2,1-2H3,(H,29,34)(H,30,35). The average molecular weight is 520 g/mol. The largest absolute Gasteiger partial charge is 0.341 e. The Bertz CT molecular complexity index is 1280. The number of hydrogen-bond acceptors (Lipinski definition) is 6. The van der Waals surface area contributed by atoms with Gasteiger partial charge >= 0.3 is 0 Å². The summed E-state index contributed by atoms with van der Waals surface area (Å²) < 4.78 is 42.8. The maximum absolute atomic E-state index is 14.0. The Hall–Kier alpha value is -3.28. The lowest BCUT2D eigenvalue weighted by Crippen LogP contribution is -2.70. The number of aromatic nitrogens is 1. The smallest absolute Gasteiger partial charge is 0.294 e. The van der Waals surface area contributed by atoms with Gasteiger partial charge in [0.25, 0.3) is 23.5 Å².